The summed E-state index contributed by atoms with van der Waals surface area (Å²) in [6.45, 7) is 4.93. The SMILES string of the molecule is COc1cccc(F)c1C(=O)N1CC(N)(C(C)C)C1. The summed E-state index contributed by atoms with van der Waals surface area (Å²) in [6, 6.07) is 4.35. The molecule has 0 unspecified atom stereocenters. The molecule has 19 heavy (non-hydrogen) atoms. The number of carbonyl (C=O) groups is 1. The van der Waals surface area contributed by atoms with Crippen molar-refractivity contribution >= 4 is 5.91 Å². The van der Waals surface area contributed by atoms with Gasteiger partial charge in [0.2, 0.25) is 0 Å². The number of rotatable bonds is 3. The van der Waals surface area contributed by atoms with Crippen molar-refractivity contribution in [1.29, 1.82) is 0 Å². The molecule has 0 aromatic heterocycles. The number of halogens is 1. The molecule has 0 atom stereocenters. The summed E-state index contributed by atoms with van der Waals surface area (Å²) in [6.07, 6.45) is 0. The normalized spacial score (nSPS) is 17.3. The average molecular weight is 266 g/mol. The first-order chi connectivity index (χ1) is 8.89. The largest absolute Gasteiger partial charge is 0.496 e. The zero-order valence-corrected chi connectivity index (χ0v) is 11.4. The summed E-state index contributed by atoms with van der Waals surface area (Å²) in [5.41, 5.74) is 5.76. The topological polar surface area (TPSA) is 55.6 Å². The van der Waals surface area contributed by atoms with Crippen LogP contribution in [-0.2, 0) is 0 Å². The lowest BCUT2D eigenvalue weighted by Crippen LogP contribution is -2.71. The molecule has 5 heteroatoms. The van der Waals surface area contributed by atoms with Crippen molar-refractivity contribution in [2.24, 2.45) is 11.7 Å². The zero-order valence-electron chi connectivity index (χ0n) is 11.4. The molecule has 1 fully saturated rings. The van der Waals surface area contributed by atoms with Crippen molar-refractivity contribution in [3.8, 4) is 5.75 Å². The molecule has 1 aliphatic rings. The minimum Gasteiger partial charge on any atom is -0.496 e. The fourth-order valence-corrected chi connectivity index (χ4v) is 2.21. The number of benzene rings is 1. The molecule has 1 aromatic carbocycles. The highest BCUT2D eigenvalue weighted by molar-refractivity contribution is 5.98. The van der Waals surface area contributed by atoms with Crippen LogP contribution in [-0.4, -0.2) is 36.5 Å². The summed E-state index contributed by atoms with van der Waals surface area (Å²) >= 11 is 0. The molecule has 1 aromatic rings. The molecule has 4 nitrogen and oxygen atoms in total. The van der Waals surface area contributed by atoms with E-state index in [1.165, 1.54) is 19.2 Å². The minimum absolute atomic E-state index is 0.0178. The van der Waals surface area contributed by atoms with E-state index in [-0.39, 0.29) is 28.7 Å². The van der Waals surface area contributed by atoms with Gasteiger partial charge in [0.15, 0.2) is 0 Å². The van der Waals surface area contributed by atoms with Crippen LogP contribution in [0.5, 0.6) is 5.75 Å². The van der Waals surface area contributed by atoms with Crippen LogP contribution in [0.4, 0.5) is 4.39 Å². The Kier molecular flexibility index (Phi) is 3.49. The Hall–Kier alpha value is -1.62. The van der Waals surface area contributed by atoms with Crippen LogP contribution in [0.3, 0.4) is 0 Å². The first-order valence-electron chi connectivity index (χ1n) is 6.29. The monoisotopic (exact) mass is 266 g/mol. The first kappa shape index (κ1) is 13.8. The van der Waals surface area contributed by atoms with Gasteiger partial charge >= 0.3 is 0 Å². The van der Waals surface area contributed by atoms with Gasteiger partial charge in [-0.25, -0.2) is 4.39 Å². The van der Waals surface area contributed by atoms with E-state index in [0.717, 1.165) is 0 Å². The molecular formula is C14H19FN2O2. The summed E-state index contributed by atoms with van der Waals surface area (Å²) in [5, 5.41) is 0. The molecule has 2 N–H and O–H groups in total. The van der Waals surface area contributed by atoms with Crippen molar-refractivity contribution in [3.05, 3.63) is 29.6 Å². The Morgan fingerprint density at radius 1 is 1.47 bits per heavy atom. The van der Waals surface area contributed by atoms with Gasteiger partial charge in [-0.3, -0.25) is 4.79 Å². The number of amides is 1. The molecule has 0 radical (unpaired) electrons. The van der Waals surface area contributed by atoms with Gasteiger partial charge in [0.05, 0.1) is 12.6 Å². The van der Waals surface area contributed by atoms with Crippen LogP contribution >= 0.6 is 0 Å². The van der Waals surface area contributed by atoms with Gasteiger partial charge < -0.3 is 15.4 Å². The predicted octanol–water partition coefficient (Wildman–Crippen LogP) is 1.64. The Balaban J connectivity index is 2.19. The van der Waals surface area contributed by atoms with Gasteiger partial charge in [0.25, 0.3) is 5.91 Å². The van der Waals surface area contributed by atoms with Crippen LogP contribution in [0.2, 0.25) is 0 Å². The number of nitrogens with two attached hydrogens (primary N) is 1. The lowest BCUT2D eigenvalue weighted by atomic mass is 9.80. The van der Waals surface area contributed by atoms with Gasteiger partial charge in [-0.05, 0) is 18.1 Å². The summed E-state index contributed by atoms with van der Waals surface area (Å²) < 4.78 is 18.8. The van der Waals surface area contributed by atoms with Crippen LogP contribution < -0.4 is 10.5 Å². The third kappa shape index (κ3) is 2.30. The van der Waals surface area contributed by atoms with Crippen LogP contribution in [0, 0.1) is 11.7 Å². The molecule has 0 bridgehead atoms. The van der Waals surface area contributed by atoms with Crippen molar-refractivity contribution in [3.63, 3.8) is 0 Å². The van der Waals surface area contributed by atoms with Crippen molar-refractivity contribution in [2.75, 3.05) is 20.2 Å². The molecule has 0 aliphatic carbocycles. The maximum Gasteiger partial charge on any atom is 0.260 e. The first-order valence-corrected chi connectivity index (χ1v) is 6.29. The maximum absolute atomic E-state index is 13.8. The Morgan fingerprint density at radius 3 is 2.63 bits per heavy atom. The van der Waals surface area contributed by atoms with Crippen molar-refractivity contribution < 1.29 is 13.9 Å². The third-order valence-electron chi connectivity index (χ3n) is 3.82. The second kappa shape index (κ2) is 4.81. The highest BCUT2D eigenvalue weighted by Gasteiger charge is 2.45. The van der Waals surface area contributed by atoms with E-state index in [2.05, 4.69) is 0 Å². The molecule has 1 saturated heterocycles. The fraction of sp³-hybridized carbons (Fsp3) is 0.500. The molecular weight excluding hydrogens is 247 g/mol. The lowest BCUT2D eigenvalue weighted by Gasteiger charge is -2.50. The highest BCUT2D eigenvalue weighted by atomic mass is 19.1. The van der Waals surface area contributed by atoms with E-state index in [9.17, 15) is 9.18 Å². The summed E-state index contributed by atoms with van der Waals surface area (Å²) in [7, 11) is 1.42. The van der Waals surface area contributed by atoms with E-state index >= 15 is 0 Å². The quantitative estimate of drug-likeness (QED) is 0.905. The average Bonchev–Trinajstić information content (AvgIpc) is 2.33. The van der Waals surface area contributed by atoms with Gasteiger partial charge in [-0.2, -0.15) is 0 Å². The van der Waals surface area contributed by atoms with Crippen LogP contribution in [0.1, 0.15) is 24.2 Å². The standard InChI is InChI=1S/C14H19FN2O2/c1-9(2)14(16)7-17(8-14)13(18)12-10(15)5-4-6-11(12)19-3/h4-6,9H,7-8,16H2,1-3H3. The zero-order chi connectivity index (χ0) is 14.2. The van der Waals surface area contributed by atoms with Gasteiger partial charge in [-0.15, -0.1) is 0 Å². The van der Waals surface area contributed by atoms with Crippen LogP contribution in [0.15, 0.2) is 18.2 Å². The summed E-state index contributed by atoms with van der Waals surface area (Å²) in [4.78, 5) is 13.8. The van der Waals surface area contributed by atoms with E-state index in [1.54, 1.807) is 11.0 Å². The fourth-order valence-electron chi connectivity index (χ4n) is 2.21. The Bertz CT molecular complexity index is 496. The number of methoxy groups -OCH3 is 1. The Labute approximate surface area is 112 Å². The number of hydrogen-bond donors (Lipinski definition) is 1. The predicted molar refractivity (Wildman–Crippen MR) is 70.6 cm³/mol. The lowest BCUT2D eigenvalue weighted by molar-refractivity contribution is 0.0268. The van der Waals surface area contributed by atoms with E-state index in [0.29, 0.717) is 13.1 Å². The highest BCUT2D eigenvalue weighted by Crippen LogP contribution is 2.30. The summed E-state index contributed by atoms with van der Waals surface area (Å²) in [5.74, 6) is -0.400. The molecule has 104 valence electrons. The van der Waals surface area contributed by atoms with Gasteiger partial charge in [-0.1, -0.05) is 19.9 Å². The molecule has 2 rings (SSSR count). The molecule has 0 spiro atoms. The third-order valence-corrected chi connectivity index (χ3v) is 3.82. The van der Waals surface area contributed by atoms with E-state index in [1.807, 2.05) is 13.8 Å². The molecule has 1 aliphatic heterocycles. The maximum atomic E-state index is 13.8. The number of nitrogens with zero attached hydrogens (tertiary/aromatic N) is 1. The van der Waals surface area contributed by atoms with E-state index in [4.69, 9.17) is 10.5 Å². The second-order valence-corrected chi connectivity index (χ2v) is 5.37. The smallest absolute Gasteiger partial charge is 0.260 e. The van der Waals surface area contributed by atoms with Crippen LogP contribution in [0.25, 0.3) is 0 Å². The number of hydrogen-bond acceptors (Lipinski definition) is 3. The van der Waals surface area contributed by atoms with Crippen molar-refractivity contribution in [1.82, 2.24) is 4.90 Å². The molecule has 1 heterocycles. The molecule has 0 saturated carbocycles. The van der Waals surface area contributed by atoms with Crippen molar-refractivity contribution in [2.45, 2.75) is 19.4 Å². The van der Waals surface area contributed by atoms with E-state index < -0.39 is 5.82 Å². The minimum atomic E-state index is -0.566. The number of carbonyl (C=O) groups excluding carboxylic acids is 1. The number of ether oxygens (including phenoxy) is 1. The second-order valence-electron chi connectivity index (χ2n) is 5.37. The van der Waals surface area contributed by atoms with Gasteiger partial charge in [0.1, 0.15) is 17.1 Å². The molecule has 1 amide bonds. The Morgan fingerprint density at radius 2 is 2.11 bits per heavy atom. The number of likely N-dealkylation sites (tertiary alicyclic amines) is 1. The van der Waals surface area contributed by atoms with Gasteiger partial charge in [0, 0.05) is 13.1 Å².